The molecule has 1 unspecified atom stereocenters. The SMILES string of the molecule is COC1(C)CCCN(CCOc2cccc(N)c2)C1. The van der Waals surface area contributed by atoms with E-state index in [-0.39, 0.29) is 5.60 Å². The maximum Gasteiger partial charge on any atom is 0.121 e. The summed E-state index contributed by atoms with van der Waals surface area (Å²) in [6.45, 7) is 5.89. The molecule has 0 aliphatic carbocycles. The van der Waals surface area contributed by atoms with Crippen molar-refractivity contribution in [2.75, 3.05) is 39.1 Å². The van der Waals surface area contributed by atoms with Gasteiger partial charge in [0.2, 0.25) is 0 Å². The van der Waals surface area contributed by atoms with Crippen LogP contribution in [0.1, 0.15) is 19.8 Å². The molecule has 1 aliphatic rings. The minimum absolute atomic E-state index is 0.00454. The van der Waals surface area contributed by atoms with Gasteiger partial charge in [-0.15, -0.1) is 0 Å². The molecular weight excluding hydrogens is 240 g/mol. The Bertz CT molecular complexity index is 411. The number of benzene rings is 1. The molecule has 2 N–H and O–H groups in total. The van der Waals surface area contributed by atoms with Gasteiger partial charge in [-0.05, 0) is 38.4 Å². The summed E-state index contributed by atoms with van der Waals surface area (Å²) in [7, 11) is 1.80. The highest BCUT2D eigenvalue weighted by Crippen LogP contribution is 2.23. The average molecular weight is 264 g/mol. The molecule has 2 rings (SSSR count). The van der Waals surface area contributed by atoms with Crippen LogP contribution in [-0.2, 0) is 4.74 Å². The Balaban J connectivity index is 1.76. The van der Waals surface area contributed by atoms with E-state index in [1.165, 1.54) is 6.42 Å². The van der Waals surface area contributed by atoms with Crippen molar-refractivity contribution >= 4 is 5.69 Å². The summed E-state index contributed by atoms with van der Waals surface area (Å²) in [5, 5.41) is 0. The second kappa shape index (κ2) is 6.26. The molecule has 0 spiro atoms. The zero-order chi connectivity index (χ0) is 13.7. The molecule has 1 atom stereocenters. The number of piperidine rings is 1. The van der Waals surface area contributed by atoms with E-state index in [0.29, 0.717) is 6.61 Å². The number of likely N-dealkylation sites (tertiary alicyclic amines) is 1. The molecule has 19 heavy (non-hydrogen) atoms. The zero-order valence-electron chi connectivity index (χ0n) is 11.9. The lowest BCUT2D eigenvalue weighted by atomic mass is 9.95. The zero-order valence-corrected chi connectivity index (χ0v) is 11.9. The summed E-state index contributed by atoms with van der Waals surface area (Å²) in [4.78, 5) is 2.40. The van der Waals surface area contributed by atoms with Gasteiger partial charge in [0.05, 0.1) is 5.60 Å². The maximum absolute atomic E-state index is 5.73. The number of methoxy groups -OCH3 is 1. The molecule has 1 aliphatic heterocycles. The number of ether oxygens (including phenoxy) is 2. The van der Waals surface area contributed by atoms with Crippen LogP contribution in [0, 0.1) is 0 Å². The van der Waals surface area contributed by atoms with Gasteiger partial charge in [-0.3, -0.25) is 4.90 Å². The lowest BCUT2D eigenvalue weighted by Gasteiger charge is -2.39. The fourth-order valence-electron chi connectivity index (χ4n) is 2.56. The molecule has 0 amide bonds. The quantitative estimate of drug-likeness (QED) is 0.828. The molecule has 4 nitrogen and oxygen atoms in total. The molecule has 1 heterocycles. The second-order valence-electron chi connectivity index (χ2n) is 5.45. The normalized spacial score (nSPS) is 24.3. The number of hydrogen-bond acceptors (Lipinski definition) is 4. The van der Waals surface area contributed by atoms with Gasteiger partial charge in [-0.25, -0.2) is 0 Å². The standard InChI is InChI=1S/C15H24N2O2/c1-15(18-2)7-4-8-17(12-15)9-10-19-14-6-3-5-13(16)11-14/h3,5-6,11H,4,7-10,12,16H2,1-2H3. The van der Waals surface area contributed by atoms with E-state index in [4.69, 9.17) is 15.2 Å². The summed E-state index contributed by atoms with van der Waals surface area (Å²) in [6, 6.07) is 7.57. The molecule has 0 bridgehead atoms. The van der Waals surface area contributed by atoms with Gasteiger partial charge in [-0.1, -0.05) is 6.07 Å². The second-order valence-corrected chi connectivity index (χ2v) is 5.45. The van der Waals surface area contributed by atoms with Crippen molar-refractivity contribution < 1.29 is 9.47 Å². The maximum atomic E-state index is 5.73. The van der Waals surface area contributed by atoms with Gasteiger partial charge in [0.25, 0.3) is 0 Å². The van der Waals surface area contributed by atoms with E-state index in [9.17, 15) is 0 Å². The number of nitrogens with zero attached hydrogens (tertiary/aromatic N) is 1. The first-order valence-electron chi connectivity index (χ1n) is 6.87. The van der Waals surface area contributed by atoms with Crippen LogP contribution in [0.5, 0.6) is 5.75 Å². The Morgan fingerprint density at radius 2 is 2.26 bits per heavy atom. The van der Waals surface area contributed by atoms with Crippen molar-refractivity contribution in [3.05, 3.63) is 24.3 Å². The van der Waals surface area contributed by atoms with E-state index in [0.717, 1.165) is 37.5 Å². The summed E-state index contributed by atoms with van der Waals surface area (Å²) < 4.78 is 11.3. The number of nitrogen functional groups attached to an aromatic ring is 1. The Labute approximate surface area is 115 Å². The van der Waals surface area contributed by atoms with E-state index in [2.05, 4.69) is 11.8 Å². The van der Waals surface area contributed by atoms with Gasteiger partial charge < -0.3 is 15.2 Å². The molecule has 1 saturated heterocycles. The van der Waals surface area contributed by atoms with Gasteiger partial charge >= 0.3 is 0 Å². The Kier molecular flexibility index (Phi) is 4.66. The number of nitrogens with two attached hydrogens (primary N) is 1. The topological polar surface area (TPSA) is 47.7 Å². The van der Waals surface area contributed by atoms with E-state index in [1.807, 2.05) is 24.3 Å². The molecule has 1 aromatic rings. The fourth-order valence-corrected chi connectivity index (χ4v) is 2.56. The number of hydrogen-bond donors (Lipinski definition) is 1. The first kappa shape index (κ1) is 14.2. The molecule has 0 aromatic heterocycles. The van der Waals surface area contributed by atoms with Crippen LogP contribution in [0.25, 0.3) is 0 Å². The summed E-state index contributed by atoms with van der Waals surface area (Å²) in [5.74, 6) is 0.839. The van der Waals surface area contributed by atoms with Crippen LogP contribution in [0.15, 0.2) is 24.3 Å². The van der Waals surface area contributed by atoms with Gasteiger partial charge in [-0.2, -0.15) is 0 Å². The first-order chi connectivity index (χ1) is 9.11. The highest BCUT2D eigenvalue weighted by atomic mass is 16.5. The van der Waals surface area contributed by atoms with Crippen LogP contribution >= 0.6 is 0 Å². The van der Waals surface area contributed by atoms with Crippen molar-refractivity contribution in [3.8, 4) is 5.75 Å². The third-order valence-corrected chi connectivity index (χ3v) is 3.77. The van der Waals surface area contributed by atoms with E-state index >= 15 is 0 Å². The smallest absolute Gasteiger partial charge is 0.121 e. The van der Waals surface area contributed by atoms with Crippen LogP contribution < -0.4 is 10.5 Å². The third-order valence-electron chi connectivity index (χ3n) is 3.77. The third kappa shape index (κ3) is 4.11. The van der Waals surface area contributed by atoms with Crippen molar-refractivity contribution in [3.63, 3.8) is 0 Å². The molecule has 0 saturated carbocycles. The Hall–Kier alpha value is -1.26. The van der Waals surface area contributed by atoms with Crippen molar-refractivity contribution in [1.82, 2.24) is 4.90 Å². The first-order valence-corrected chi connectivity index (χ1v) is 6.87. The van der Waals surface area contributed by atoms with Crippen molar-refractivity contribution in [2.24, 2.45) is 0 Å². The average Bonchev–Trinajstić information content (AvgIpc) is 2.39. The van der Waals surface area contributed by atoms with Crippen LogP contribution in [-0.4, -0.2) is 43.9 Å². The minimum Gasteiger partial charge on any atom is -0.492 e. The van der Waals surface area contributed by atoms with E-state index < -0.39 is 0 Å². The number of anilines is 1. The van der Waals surface area contributed by atoms with Crippen molar-refractivity contribution in [2.45, 2.75) is 25.4 Å². The lowest BCUT2D eigenvalue weighted by molar-refractivity contribution is -0.0524. The van der Waals surface area contributed by atoms with Gasteiger partial charge in [0, 0.05) is 32.0 Å². The fraction of sp³-hybridized carbons (Fsp3) is 0.600. The summed E-state index contributed by atoms with van der Waals surface area (Å²) in [5.41, 5.74) is 6.45. The molecular formula is C15H24N2O2. The molecule has 0 radical (unpaired) electrons. The predicted octanol–water partition coefficient (Wildman–Crippen LogP) is 2.15. The Morgan fingerprint density at radius 1 is 1.42 bits per heavy atom. The highest BCUT2D eigenvalue weighted by molar-refractivity contribution is 5.43. The minimum atomic E-state index is -0.00454. The summed E-state index contributed by atoms with van der Waals surface area (Å²) in [6.07, 6.45) is 2.32. The van der Waals surface area contributed by atoms with Crippen LogP contribution in [0.4, 0.5) is 5.69 Å². The summed E-state index contributed by atoms with van der Waals surface area (Å²) >= 11 is 0. The Morgan fingerprint density at radius 3 is 3.00 bits per heavy atom. The molecule has 106 valence electrons. The molecule has 1 fully saturated rings. The van der Waals surface area contributed by atoms with Gasteiger partial charge in [0.15, 0.2) is 0 Å². The molecule has 1 aromatic carbocycles. The lowest BCUT2D eigenvalue weighted by Crippen LogP contribution is -2.48. The largest absolute Gasteiger partial charge is 0.492 e. The molecule has 4 heteroatoms. The highest BCUT2D eigenvalue weighted by Gasteiger charge is 2.30. The monoisotopic (exact) mass is 264 g/mol. The van der Waals surface area contributed by atoms with Crippen LogP contribution in [0.2, 0.25) is 0 Å². The predicted molar refractivity (Wildman–Crippen MR) is 77.4 cm³/mol. The number of rotatable bonds is 5. The van der Waals surface area contributed by atoms with Crippen molar-refractivity contribution in [1.29, 1.82) is 0 Å². The van der Waals surface area contributed by atoms with Crippen LogP contribution in [0.3, 0.4) is 0 Å². The van der Waals surface area contributed by atoms with E-state index in [1.54, 1.807) is 7.11 Å². The van der Waals surface area contributed by atoms with Gasteiger partial charge in [0.1, 0.15) is 12.4 Å².